The maximum atomic E-state index is 12.3. The Hall–Kier alpha value is -2.77. The van der Waals surface area contributed by atoms with E-state index in [1.807, 2.05) is 12.2 Å². The first-order valence-electron chi connectivity index (χ1n) is 6.90. The molecule has 2 bridgehead atoms. The summed E-state index contributed by atoms with van der Waals surface area (Å²) in [5, 5.41) is 15.3. The number of nitrogens with zero attached hydrogens (tertiary/aromatic N) is 3. The van der Waals surface area contributed by atoms with Crippen LogP contribution in [0.2, 0.25) is 0 Å². The van der Waals surface area contributed by atoms with Crippen LogP contribution >= 0.6 is 0 Å². The van der Waals surface area contributed by atoms with E-state index in [0.717, 1.165) is 17.6 Å². The van der Waals surface area contributed by atoms with Crippen LogP contribution in [0.15, 0.2) is 33.8 Å². The van der Waals surface area contributed by atoms with Gasteiger partial charge in [-0.3, -0.25) is 19.7 Å². The summed E-state index contributed by atoms with van der Waals surface area (Å²) in [5.41, 5.74) is 0. The van der Waals surface area contributed by atoms with E-state index in [0.29, 0.717) is 0 Å². The van der Waals surface area contributed by atoms with Crippen molar-refractivity contribution in [2.24, 2.45) is 28.8 Å². The molecule has 4 rings (SSSR count). The fourth-order valence-corrected chi connectivity index (χ4v) is 3.62. The molecule has 0 unspecified atom stereocenters. The minimum absolute atomic E-state index is 0.116. The third kappa shape index (κ3) is 1.66. The predicted octanol–water partition coefficient (Wildman–Crippen LogP) is 1.33. The number of nitro groups is 1. The van der Waals surface area contributed by atoms with Crippen LogP contribution in [-0.4, -0.2) is 28.0 Å². The first-order chi connectivity index (χ1) is 10.6. The smallest absolute Gasteiger partial charge is 0.400 e. The van der Waals surface area contributed by atoms with Crippen molar-refractivity contribution in [2.45, 2.75) is 6.42 Å². The van der Waals surface area contributed by atoms with E-state index in [1.54, 1.807) is 0 Å². The third-order valence-corrected chi connectivity index (χ3v) is 4.54. The van der Waals surface area contributed by atoms with Crippen LogP contribution in [0.4, 0.5) is 5.88 Å². The standard InChI is InChI=1S/C14H11N3O5/c18-13-11-7-1-2-8(5-7)12(11)14(19)16(13)15-6-9-3-4-10(22-9)17(20)21/h1-4,6-8,11-12H,5H2/b15-6-/t7-,8-,11-,12-/m0/s1. The Balaban J connectivity index is 1.56. The molecule has 112 valence electrons. The molecule has 1 aromatic heterocycles. The quantitative estimate of drug-likeness (QED) is 0.275. The van der Waals surface area contributed by atoms with Gasteiger partial charge in [-0.2, -0.15) is 10.1 Å². The number of fused-ring (bicyclic) bond motifs is 5. The Morgan fingerprint density at radius 2 is 1.86 bits per heavy atom. The summed E-state index contributed by atoms with van der Waals surface area (Å²) >= 11 is 0. The lowest BCUT2D eigenvalue weighted by atomic mass is 9.85. The predicted molar refractivity (Wildman–Crippen MR) is 72.5 cm³/mol. The van der Waals surface area contributed by atoms with Gasteiger partial charge in [-0.25, -0.2) is 0 Å². The van der Waals surface area contributed by atoms with Crippen molar-refractivity contribution in [2.75, 3.05) is 0 Å². The van der Waals surface area contributed by atoms with Crippen LogP contribution in [0.25, 0.3) is 0 Å². The Bertz CT molecular complexity index is 719. The summed E-state index contributed by atoms with van der Waals surface area (Å²) in [7, 11) is 0. The van der Waals surface area contributed by atoms with Crippen molar-refractivity contribution >= 4 is 23.9 Å². The van der Waals surface area contributed by atoms with Crippen molar-refractivity contribution in [3.8, 4) is 0 Å². The van der Waals surface area contributed by atoms with Crippen molar-refractivity contribution in [1.29, 1.82) is 0 Å². The Labute approximate surface area is 124 Å². The number of amides is 2. The highest BCUT2D eigenvalue weighted by Crippen LogP contribution is 2.52. The summed E-state index contributed by atoms with van der Waals surface area (Å²) in [5.74, 6) is -1.29. The number of imide groups is 1. The maximum Gasteiger partial charge on any atom is 0.433 e. The van der Waals surface area contributed by atoms with Gasteiger partial charge < -0.3 is 4.42 Å². The number of allylic oxidation sites excluding steroid dienone is 2. The van der Waals surface area contributed by atoms with E-state index in [-0.39, 0.29) is 41.2 Å². The summed E-state index contributed by atoms with van der Waals surface area (Å²) in [6, 6.07) is 2.55. The van der Waals surface area contributed by atoms with Gasteiger partial charge >= 0.3 is 5.88 Å². The number of carbonyl (C=O) groups is 2. The summed E-state index contributed by atoms with van der Waals surface area (Å²) < 4.78 is 4.91. The zero-order chi connectivity index (χ0) is 15.4. The lowest BCUT2D eigenvalue weighted by Crippen LogP contribution is -2.28. The van der Waals surface area contributed by atoms with Gasteiger partial charge in [0.25, 0.3) is 11.8 Å². The molecule has 8 heteroatoms. The molecule has 4 atom stereocenters. The number of carbonyl (C=O) groups excluding carboxylic acids is 2. The van der Waals surface area contributed by atoms with Crippen LogP contribution in [0.3, 0.4) is 0 Å². The normalized spacial score (nSPS) is 32.5. The number of furan rings is 1. The summed E-state index contributed by atoms with van der Waals surface area (Å²) in [6.07, 6.45) is 6.01. The van der Waals surface area contributed by atoms with Gasteiger partial charge in [0.1, 0.15) is 4.92 Å². The largest absolute Gasteiger partial charge is 0.433 e. The fourth-order valence-electron chi connectivity index (χ4n) is 3.62. The molecule has 2 amide bonds. The molecule has 2 heterocycles. The molecule has 2 aliphatic carbocycles. The molecular formula is C14H11N3O5. The Morgan fingerprint density at radius 1 is 1.23 bits per heavy atom. The molecule has 1 saturated carbocycles. The van der Waals surface area contributed by atoms with Crippen LogP contribution < -0.4 is 0 Å². The molecule has 0 radical (unpaired) electrons. The molecule has 0 spiro atoms. The van der Waals surface area contributed by atoms with Gasteiger partial charge in [0.05, 0.1) is 24.1 Å². The van der Waals surface area contributed by atoms with E-state index >= 15 is 0 Å². The van der Waals surface area contributed by atoms with Crippen molar-refractivity contribution < 1.29 is 18.9 Å². The van der Waals surface area contributed by atoms with Gasteiger partial charge in [-0.1, -0.05) is 12.2 Å². The van der Waals surface area contributed by atoms with Crippen LogP contribution in [0, 0.1) is 33.8 Å². The first kappa shape index (κ1) is 12.9. The first-order valence-corrected chi connectivity index (χ1v) is 6.90. The molecule has 0 N–H and O–H groups in total. The van der Waals surface area contributed by atoms with Crippen LogP contribution in [0.5, 0.6) is 0 Å². The monoisotopic (exact) mass is 301 g/mol. The van der Waals surface area contributed by atoms with Crippen molar-refractivity contribution in [1.82, 2.24) is 5.01 Å². The fraction of sp³-hybridized carbons (Fsp3) is 0.357. The molecule has 1 aliphatic heterocycles. The van der Waals surface area contributed by atoms with Gasteiger partial charge in [-0.15, -0.1) is 0 Å². The molecule has 2 fully saturated rings. The summed E-state index contributed by atoms with van der Waals surface area (Å²) in [4.78, 5) is 34.5. The highest BCUT2D eigenvalue weighted by molar-refractivity contribution is 6.06. The number of hydrogen-bond acceptors (Lipinski definition) is 6. The molecule has 3 aliphatic rings. The highest BCUT2D eigenvalue weighted by atomic mass is 16.6. The molecule has 1 aromatic rings. The van der Waals surface area contributed by atoms with Crippen molar-refractivity contribution in [3.05, 3.63) is 40.2 Å². The molecular weight excluding hydrogens is 290 g/mol. The molecule has 22 heavy (non-hydrogen) atoms. The number of hydrogen-bond donors (Lipinski definition) is 0. The van der Waals surface area contributed by atoms with E-state index in [2.05, 4.69) is 5.10 Å². The third-order valence-electron chi connectivity index (χ3n) is 4.54. The minimum Gasteiger partial charge on any atom is -0.400 e. The number of rotatable bonds is 3. The zero-order valence-electron chi connectivity index (χ0n) is 11.3. The van der Waals surface area contributed by atoms with Gasteiger partial charge in [0, 0.05) is 0 Å². The highest BCUT2D eigenvalue weighted by Gasteiger charge is 2.59. The SMILES string of the molecule is O=C1[C@@H]2[C@@H](C(=O)N1/N=C\c1ccc([N+](=O)[O-])o1)[C@H]1C=C[C@H]2C1. The average Bonchev–Trinajstić information content (AvgIpc) is 3.23. The molecule has 1 saturated heterocycles. The van der Waals surface area contributed by atoms with Gasteiger partial charge in [0.15, 0.2) is 5.76 Å². The van der Waals surface area contributed by atoms with Crippen LogP contribution in [-0.2, 0) is 9.59 Å². The summed E-state index contributed by atoms with van der Waals surface area (Å²) in [6.45, 7) is 0. The topological polar surface area (TPSA) is 106 Å². The molecule has 8 nitrogen and oxygen atoms in total. The lowest BCUT2D eigenvalue weighted by molar-refractivity contribution is -0.402. The van der Waals surface area contributed by atoms with E-state index in [1.165, 1.54) is 12.1 Å². The lowest BCUT2D eigenvalue weighted by Gasteiger charge is -2.13. The van der Waals surface area contributed by atoms with E-state index < -0.39 is 10.8 Å². The van der Waals surface area contributed by atoms with Crippen LogP contribution in [0.1, 0.15) is 12.2 Å². The Morgan fingerprint density at radius 3 is 2.41 bits per heavy atom. The second-order valence-corrected chi connectivity index (χ2v) is 5.67. The van der Waals surface area contributed by atoms with Gasteiger partial charge in [-0.05, 0) is 24.3 Å². The second-order valence-electron chi connectivity index (χ2n) is 5.67. The Kier molecular flexibility index (Phi) is 2.56. The second kappa shape index (κ2) is 4.36. The van der Waals surface area contributed by atoms with Crippen molar-refractivity contribution in [3.63, 3.8) is 0 Å². The van der Waals surface area contributed by atoms with E-state index in [9.17, 15) is 19.7 Å². The minimum atomic E-state index is -0.669. The average molecular weight is 301 g/mol. The van der Waals surface area contributed by atoms with Gasteiger partial charge in [0.2, 0.25) is 0 Å². The number of hydrazone groups is 1. The molecule has 0 aromatic carbocycles. The maximum absolute atomic E-state index is 12.3. The zero-order valence-corrected chi connectivity index (χ0v) is 11.3. The van der Waals surface area contributed by atoms with E-state index in [4.69, 9.17) is 4.42 Å².